The molecule has 21 heavy (non-hydrogen) atoms. The summed E-state index contributed by atoms with van der Waals surface area (Å²) < 4.78 is 8.50. The van der Waals surface area contributed by atoms with Crippen molar-refractivity contribution < 1.29 is 4.74 Å². The van der Waals surface area contributed by atoms with Crippen LogP contribution in [0.2, 0.25) is 0 Å². The van der Waals surface area contributed by atoms with Crippen molar-refractivity contribution in [3.8, 4) is 0 Å². The lowest BCUT2D eigenvalue weighted by Gasteiger charge is -2.53. The van der Waals surface area contributed by atoms with Gasteiger partial charge in [0.2, 0.25) is 0 Å². The van der Waals surface area contributed by atoms with E-state index in [1.54, 1.807) is 0 Å². The van der Waals surface area contributed by atoms with E-state index in [0.29, 0.717) is 30.3 Å². The summed E-state index contributed by atoms with van der Waals surface area (Å²) in [7, 11) is 1.89. The Hall–Kier alpha value is 0.190. The summed E-state index contributed by atoms with van der Waals surface area (Å²) in [6.07, 6.45) is 6.44. The van der Waals surface area contributed by atoms with Gasteiger partial charge >= 0.3 is 0 Å². The van der Waals surface area contributed by atoms with Gasteiger partial charge in [-0.3, -0.25) is 10.2 Å². The van der Waals surface area contributed by atoms with Gasteiger partial charge in [0.25, 0.3) is 0 Å². The topological polar surface area (TPSA) is 27.7 Å². The largest absolute Gasteiger partial charge is 0.381 e. The van der Waals surface area contributed by atoms with E-state index in [4.69, 9.17) is 4.74 Å². The van der Waals surface area contributed by atoms with Gasteiger partial charge in [0.15, 0.2) is 0 Å². The number of hydrogen-bond acceptors (Lipinski definition) is 5. The molecule has 4 nitrogen and oxygen atoms in total. The summed E-state index contributed by atoms with van der Waals surface area (Å²) in [5.74, 6) is 2.48. The quantitative estimate of drug-likeness (QED) is 0.749. The second kappa shape index (κ2) is 5.68. The molecule has 4 aliphatic rings. The molecular formula is C16H29N3OS. The van der Waals surface area contributed by atoms with E-state index >= 15 is 0 Å². The first-order valence-electron chi connectivity index (χ1n) is 8.66. The van der Waals surface area contributed by atoms with Crippen molar-refractivity contribution in [2.24, 2.45) is 11.8 Å². The van der Waals surface area contributed by atoms with E-state index in [-0.39, 0.29) is 0 Å². The molecule has 1 saturated carbocycles. The third-order valence-corrected chi connectivity index (χ3v) is 7.51. The van der Waals surface area contributed by atoms with Crippen LogP contribution in [0.4, 0.5) is 0 Å². The highest BCUT2D eigenvalue weighted by Crippen LogP contribution is 2.44. The minimum atomic E-state index is 0.419. The van der Waals surface area contributed by atoms with Gasteiger partial charge in [-0.1, -0.05) is 38.6 Å². The van der Waals surface area contributed by atoms with E-state index in [9.17, 15) is 0 Å². The fraction of sp³-hybridized carbons (Fsp3) is 1.00. The molecule has 0 amide bonds. The van der Waals surface area contributed by atoms with Gasteiger partial charge in [0.1, 0.15) is 6.29 Å². The molecule has 0 bridgehead atoms. The van der Waals surface area contributed by atoms with Crippen LogP contribution in [0.1, 0.15) is 39.5 Å². The minimum Gasteiger partial charge on any atom is -0.381 e. The van der Waals surface area contributed by atoms with E-state index in [0.717, 1.165) is 12.1 Å². The van der Waals surface area contributed by atoms with Gasteiger partial charge in [-0.15, -0.1) is 0 Å². The smallest absolute Gasteiger partial charge is 0.127 e. The van der Waals surface area contributed by atoms with E-state index < -0.39 is 0 Å². The first kappa shape index (κ1) is 14.8. The molecule has 1 aliphatic carbocycles. The molecule has 1 N–H and O–H groups in total. The van der Waals surface area contributed by atoms with Crippen LogP contribution in [0, 0.1) is 11.8 Å². The standard InChI is InChI=1S/C16H29N3OS/c1-10-8-18-14(11(2)15(10)20-3)9-21-19-13-7-5-4-6-12(13)17-16(18)19/h10-17H,4-9H2,1-3H3/t10?,11?,12?,13?,14-,15-,16+/m1/s1. The maximum absolute atomic E-state index is 5.80. The van der Waals surface area contributed by atoms with E-state index in [2.05, 4.69) is 40.3 Å². The fourth-order valence-electron chi connectivity index (χ4n) is 5.21. The van der Waals surface area contributed by atoms with Crippen LogP contribution in [-0.2, 0) is 4.74 Å². The molecule has 3 aliphatic heterocycles. The summed E-state index contributed by atoms with van der Waals surface area (Å²) >= 11 is 2.10. The minimum absolute atomic E-state index is 0.419. The zero-order valence-electron chi connectivity index (χ0n) is 13.5. The zero-order chi connectivity index (χ0) is 14.6. The first-order chi connectivity index (χ1) is 10.2. The normalized spacial score (nSPS) is 51.3. The van der Waals surface area contributed by atoms with Crippen molar-refractivity contribution in [2.75, 3.05) is 19.4 Å². The molecule has 0 aromatic heterocycles. The summed E-state index contributed by atoms with van der Waals surface area (Å²) in [4.78, 5) is 2.75. The Morgan fingerprint density at radius 3 is 2.76 bits per heavy atom. The van der Waals surface area contributed by atoms with Crippen molar-refractivity contribution in [3.05, 3.63) is 0 Å². The molecule has 0 aromatic rings. The molecule has 120 valence electrons. The van der Waals surface area contributed by atoms with Crippen LogP contribution in [0.3, 0.4) is 0 Å². The average molecular weight is 311 g/mol. The molecule has 7 atom stereocenters. The number of rotatable bonds is 1. The number of hydrogen-bond donors (Lipinski definition) is 1. The highest BCUT2D eigenvalue weighted by molar-refractivity contribution is 7.97. The predicted octanol–water partition coefficient (Wildman–Crippen LogP) is 2.12. The second-order valence-corrected chi connectivity index (χ2v) is 8.47. The van der Waals surface area contributed by atoms with Crippen molar-refractivity contribution in [1.82, 2.24) is 14.5 Å². The molecule has 0 radical (unpaired) electrons. The molecule has 4 fully saturated rings. The highest BCUT2D eigenvalue weighted by Gasteiger charge is 2.52. The Bertz CT molecular complexity index is 396. The average Bonchev–Trinajstić information content (AvgIpc) is 2.87. The molecule has 3 saturated heterocycles. The SMILES string of the molecule is CO[C@@H]1C(C)CN2[C@H](CSN3C4CCCCC4N[C@H]32)C1C. The van der Waals surface area contributed by atoms with Crippen molar-refractivity contribution in [2.45, 2.75) is 70.0 Å². The highest BCUT2D eigenvalue weighted by atomic mass is 32.2. The molecule has 0 aromatic carbocycles. The summed E-state index contributed by atoms with van der Waals surface area (Å²) in [6, 6.07) is 2.14. The van der Waals surface area contributed by atoms with E-state index in [1.807, 2.05) is 7.11 Å². The second-order valence-electron chi connectivity index (χ2n) is 7.46. The lowest BCUT2D eigenvalue weighted by atomic mass is 9.82. The Labute approximate surface area is 133 Å². The molecule has 4 rings (SSSR count). The van der Waals surface area contributed by atoms with Gasteiger partial charge in [0.05, 0.1) is 6.10 Å². The van der Waals surface area contributed by atoms with Crippen LogP contribution in [0.15, 0.2) is 0 Å². The number of methoxy groups -OCH3 is 1. The number of ether oxygens (including phenoxy) is 1. The van der Waals surface area contributed by atoms with E-state index in [1.165, 1.54) is 38.0 Å². The van der Waals surface area contributed by atoms with Gasteiger partial charge < -0.3 is 4.74 Å². The number of piperidine rings is 1. The first-order valence-corrected chi connectivity index (χ1v) is 9.61. The number of fused-ring (bicyclic) bond motifs is 5. The molecule has 4 unspecified atom stereocenters. The Kier molecular flexibility index (Phi) is 3.99. The lowest BCUT2D eigenvalue weighted by Crippen LogP contribution is -2.66. The summed E-state index contributed by atoms with van der Waals surface area (Å²) in [5, 5.41) is 3.96. The maximum atomic E-state index is 5.80. The molecule has 0 spiro atoms. The van der Waals surface area contributed by atoms with Crippen molar-refractivity contribution in [1.29, 1.82) is 0 Å². The predicted molar refractivity (Wildman–Crippen MR) is 86.9 cm³/mol. The Morgan fingerprint density at radius 1 is 1.14 bits per heavy atom. The summed E-state index contributed by atoms with van der Waals surface area (Å²) in [5.41, 5.74) is 0. The number of nitrogens with one attached hydrogen (secondary N) is 1. The van der Waals surface area contributed by atoms with Gasteiger partial charge in [0, 0.05) is 37.5 Å². The van der Waals surface area contributed by atoms with Gasteiger partial charge in [-0.25, -0.2) is 4.31 Å². The van der Waals surface area contributed by atoms with Crippen LogP contribution < -0.4 is 5.32 Å². The van der Waals surface area contributed by atoms with Crippen LogP contribution in [0.25, 0.3) is 0 Å². The third-order valence-electron chi connectivity index (χ3n) is 6.25. The number of nitrogens with zero attached hydrogens (tertiary/aromatic N) is 2. The van der Waals surface area contributed by atoms with Gasteiger partial charge in [-0.2, -0.15) is 0 Å². The maximum Gasteiger partial charge on any atom is 0.127 e. The van der Waals surface area contributed by atoms with Crippen LogP contribution in [0.5, 0.6) is 0 Å². The fourth-order valence-corrected chi connectivity index (χ4v) is 6.80. The summed E-state index contributed by atoms with van der Waals surface area (Å²) in [6.45, 7) is 5.91. The molecular weight excluding hydrogens is 282 g/mol. The monoisotopic (exact) mass is 311 g/mol. The Morgan fingerprint density at radius 2 is 1.95 bits per heavy atom. The van der Waals surface area contributed by atoms with Crippen LogP contribution in [-0.4, -0.2) is 59.1 Å². The zero-order valence-corrected chi connectivity index (χ0v) is 14.3. The van der Waals surface area contributed by atoms with Gasteiger partial charge in [-0.05, 0) is 24.7 Å². The lowest BCUT2D eigenvalue weighted by molar-refractivity contribution is -0.0949. The van der Waals surface area contributed by atoms with Crippen molar-refractivity contribution in [3.63, 3.8) is 0 Å². The molecule has 5 heteroatoms. The Balaban J connectivity index is 1.56. The third kappa shape index (κ3) is 2.27. The molecule has 3 heterocycles. The van der Waals surface area contributed by atoms with Crippen LogP contribution >= 0.6 is 11.9 Å². The van der Waals surface area contributed by atoms with Crippen molar-refractivity contribution >= 4 is 11.9 Å².